The van der Waals surface area contributed by atoms with Crippen molar-refractivity contribution in [2.75, 3.05) is 19.6 Å². The van der Waals surface area contributed by atoms with E-state index in [4.69, 9.17) is 0 Å². The van der Waals surface area contributed by atoms with Crippen molar-refractivity contribution in [1.29, 1.82) is 0 Å². The van der Waals surface area contributed by atoms with Crippen LogP contribution in [0.25, 0.3) is 0 Å². The SMILES string of the molecule is CC(=O)c1cccc(CN2CC3(CCN(C(=O)C4CC4)CC3)CC2C(=O)O)c1. The molecule has 1 atom stereocenters. The molecule has 3 aliphatic rings. The molecule has 1 amide bonds. The van der Waals surface area contributed by atoms with Crippen LogP contribution in [0.5, 0.6) is 0 Å². The van der Waals surface area contributed by atoms with Crippen molar-refractivity contribution >= 4 is 17.7 Å². The molecule has 1 aliphatic carbocycles. The van der Waals surface area contributed by atoms with E-state index in [-0.39, 0.29) is 17.1 Å². The average Bonchev–Trinajstić information content (AvgIpc) is 3.46. The first-order valence-electron chi connectivity index (χ1n) is 10.2. The average molecular weight is 384 g/mol. The fraction of sp³-hybridized carbons (Fsp3) is 0.591. The Morgan fingerprint density at radius 1 is 1.18 bits per heavy atom. The Morgan fingerprint density at radius 2 is 1.89 bits per heavy atom. The summed E-state index contributed by atoms with van der Waals surface area (Å²) in [5.41, 5.74) is 1.60. The van der Waals surface area contributed by atoms with E-state index in [1.165, 1.54) is 0 Å². The monoisotopic (exact) mass is 384 g/mol. The Balaban J connectivity index is 1.45. The molecule has 1 N–H and O–H groups in total. The summed E-state index contributed by atoms with van der Waals surface area (Å²) in [6.07, 6.45) is 4.43. The first kappa shape index (κ1) is 19.1. The van der Waals surface area contributed by atoms with E-state index in [9.17, 15) is 19.5 Å². The molecule has 0 aromatic heterocycles. The molecule has 3 fully saturated rings. The summed E-state index contributed by atoms with van der Waals surface area (Å²) < 4.78 is 0. The van der Waals surface area contributed by atoms with Gasteiger partial charge in [-0.05, 0) is 56.1 Å². The predicted octanol–water partition coefficient (Wildman–Crippen LogP) is 2.57. The van der Waals surface area contributed by atoms with Crippen LogP contribution in [0.1, 0.15) is 54.9 Å². The minimum absolute atomic E-state index is 0.0160. The van der Waals surface area contributed by atoms with Crippen LogP contribution < -0.4 is 0 Å². The Bertz CT molecular complexity index is 793. The highest BCUT2D eigenvalue weighted by Gasteiger charge is 2.49. The second-order valence-corrected chi connectivity index (χ2v) is 8.82. The zero-order valence-corrected chi connectivity index (χ0v) is 16.4. The summed E-state index contributed by atoms with van der Waals surface area (Å²) in [6.45, 7) is 4.30. The molecule has 6 nitrogen and oxygen atoms in total. The van der Waals surface area contributed by atoms with Crippen molar-refractivity contribution in [3.8, 4) is 0 Å². The lowest BCUT2D eigenvalue weighted by atomic mass is 9.76. The van der Waals surface area contributed by atoms with Gasteiger partial charge < -0.3 is 10.0 Å². The number of amides is 1. The second kappa shape index (κ2) is 7.32. The van der Waals surface area contributed by atoms with Crippen LogP contribution in [0.4, 0.5) is 0 Å². The lowest BCUT2D eigenvalue weighted by molar-refractivity contribution is -0.142. The molecule has 1 aromatic rings. The second-order valence-electron chi connectivity index (χ2n) is 8.82. The smallest absolute Gasteiger partial charge is 0.320 e. The Labute approximate surface area is 165 Å². The molecular formula is C22H28N2O4. The number of carbonyl (C=O) groups excluding carboxylic acids is 2. The normalized spacial score (nSPS) is 24.5. The van der Waals surface area contributed by atoms with Gasteiger partial charge in [0.25, 0.3) is 0 Å². The highest BCUT2D eigenvalue weighted by atomic mass is 16.4. The van der Waals surface area contributed by atoms with Gasteiger partial charge in [0, 0.05) is 37.7 Å². The van der Waals surface area contributed by atoms with Crippen LogP contribution in [-0.2, 0) is 16.1 Å². The van der Waals surface area contributed by atoms with Crippen LogP contribution in [0, 0.1) is 11.3 Å². The molecule has 1 aromatic carbocycles. The van der Waals surface area contributed by atoms with Gasteiger partial charge in [0.1, 0.15) is 6.04 Å². The molecule has 28 heavy (non-hydrogen) atoms. The van der Waals surface area contributed by atoms with Gasteiger partial charge >= 0.3 is 5.97 Å². The quantitative estimate of drug-likeness (QED) is 0.790. The molecule has 2 heterocycles. The van der Waals surface area contributed by atoms with E-state index >= 15 is 0 Å². The highest BCUT2D eigenvalue weighted by Crippen LogP contribution is 2.45. The molecular weight excluding hydrogens is 356 g/mol. The van der Waals surface area contributed by atoms with Gasteiger partial charge in [0.05, 0.1) is 0 Å². The number of carboxylic acid groups (broad SMARTS) is 1. The van der Waals surface area contributed by atoms with Gasteiger partial charge in [0.15, 0.2) is 5.78 Å². The largest absolute Gasteiger partial charge is 0.480 e. The van der Waals surface area contributed by atoms with E-state index in [1.807, 2.05) is 28.0 Å². The Kier molecular flexibility index (Phi) is 5.00. The van der Waals surface area contributed by atoms with Gasteiger partial charge in [-0.1, -0.05) is 18.2 Å². The van der Waals surface area contributed by atoms with Gasteiger partial charge in [0.2, 0.25) is 5.91 Å². The summed E-state index contributed by atoms with van der Waals surface area (Å²) in [4.78, 5) is 39.9. The summed E-state index contributed by atoms with van der Waals surface area (Å²) in [5, 5.41) is 9.78. The molecule has 2 saturated heterocycles. The Morgan fingerprint density at radius 3 is 2.50 bits per heavy atom. The maximum Gasteiger partial charge on any atom is 0.320 e. The maximum atomic E-state index is 12.3. The summed E-state index contributed by atoms with van der Waals surface area (Å²) in [7, 11) is 0. The van der Waals surface area contributed by atoms with Crippen molar-refractivity contribution in [2.45, 2.75) is 51.6 Å². The van der Waals surface area contributed by atoms with E-state index in [0.717, 1.165) is 50.9 Å². The zero-order chi connectivity index (χ0) is 19.9. The van der Waals surface area contributed by atoms with Gasteiger partial charge in [-0.25, -0.2) is 0 Å². The van der Waals surface area contributed by atoms with Gasteiger partial charge in [-0.2, -0.15) is 0 Å². The predicted molar refractivity (Wildman–Crippen MR) is 104 cm³/mol. The van der Waals surface area contributed by atoms with E-state index in [0.29, 0.717) is 24.4 Å². The van der Waals surface area contributed by atoms with E-state index in [1.54, 1.807) is 13.0 Å². The zero-order valence-electron chi connectivity index (χ0n) is 16.4. The van der Waals surface area contributed by atoms with Gasteiger partial charge in [-0.3, -0.25) is 19.3 Å². The summed E-state index contributed by atoms with van der Waals surface area (Å²) in [6, 6.07) is 6.96. The van der Waals surface area contributed by atoms with E-state index < -0.39 is 12.0 Å². The molecule has 150 valence electrons. The van der Waals surface area contributed by atoms with Crippen LogP contribution in [0.3, 0.4) is 0 Å². The molecule has 0 radical (unpaired) electrons. The van der Waals surface area contributed by atoms with E-state index in [2.05, 4.69) is 0 Å². The fourth-order valence-electron chi connectivity index (χ4n) is 4.83. The number of carboxylic acids is 1. The first-order valence-corrected chi connectivity index (χ1v) is 10.2. The van der Waals surface area contributed by atoms with Crippen LogP contribution in [0.2, 0.25) is 0 Å². The van der Waals surface area contributed by atoms with Crippen molar-refractivity contribution in [3.05, 3.63) is 35.4 Å². The van der Waals surface area contributed by atoms with Crippen molar-refractivity contribution in [2.24, 2.45) is 11.3 Å². The first-order chi connectivity index (χ1) is 13.4. The number of carbonyl (C=O) groups is 3. The number of Topliss-reactive ketones (excluding diaryl/α,β-unsaturated/α-hetero) is 1. The molecule has 1 unspecified atom stereocenters. The number of aliphatic carboxylic acids is 1. The van der Waals surface area contributed by atoms with Crippen molar-refractivity contribution in [3.63, 3.8) is 0 Å². The number of likely N-dealkylation sites (tertiary alicyclic amines) is 2. The lowest BCUT2D eigenvalue weighted by Gasteiger charge is -2.39. The van der Waals surface area contributed by atoms with Crippen LogP contribution in [-0.4, -0.2) is 58.2 Å². The molecule has 0 bridgehead atoms. The fourth-order valence-corrected chi connectivity index (χ4v) is 4.83. The third-order valence-corrected chi connectivity index (χ3v) is 6.67. The van der Waals surface area contributed by atoms with Gasteiger partial charge in [-0.15, -0.1) is 0 Å². The highest BCUT2D eigenvalue weighted by molar-refractivity contribution is 5.94. The number of nitrogens with zero attached hydrogens (tertiary/aromatic N) is 2. The third kappa shape index (κ3) is 3.83. The Hall–Kier alpha value is -2.21. The number of ketones is 1. The molecule has 1 saturated carbocycles. The summed E-state index contributed by atoms with van der Waals surface area (Å²) in [5.74, 6) is -0.228. The number of benzene rings is 1. The molecule has 4 rings (SSSR count). The minimum Gasteiger partial charge on any atom is -0.480 e. The summed E-state index contributed by atoms with van der Waals surface area (Å²) >= 11 is 0. The topological polar surface area (TPSA) is 77.9 Å². The van der Waals surface area contributed by atoms with Crippen LogP contribution in [0.15, 0.2) is 24.3 Å². The maximum absolute atomic E-state index is 12.3. The molecule has 6 heteroatoms. The number of piperidine rings is 1. The van der Waals surface area contributed by atoms with Crippen molar-refractivity contribution < 1.29 is 19.5 Å². The number of rotatable bonds is 5. The third-order valence-electron chi connectivity index (χ3n) is 6.67. The standard InChI is InChI=1S/C22H28N2O4/c1-15(25)18-4-2-3-16(11-18)13-24-14-22(12-19(24)21(27)28)7-9-23(10-8-22)20(26)17-5-6-17/h2-4,11,17,19H,5-10,12-14H2,1H3,(H,27,28). The molecule has 1 spiro atoms. The molecule has 2 aliphatic heterocycles. The minimum atomic E-state index is -0.781. The van der Waals surface area contributed by atoms with Crippen molar-refractivity contribution in [1.82, 2.24) is 9.80 Å². The lowest BCUT2D eigenvalue weighted by Crippen LogP contribution is -2.44. The van der Waals surface area contributed by atoms with Crippen LogP contribution >= 0.6 is 0 Å². The number of hydrogen-bond acceptors (Lipinski definition) is 4. The number of hydrogen-bond donors (Lipinski definition) is 1.